The predicted octanol–water partition coefficient (Wildman–Crippen LogP) is 1.99. The number of aromatic nitrogens is 2. The summed E-state index contributed by atoms with van der Waals surface area (Å²) in [6.45, 7) is 4.30. The third kappa shape index (κ3) is 3.20. The monoisotopic (exact) mass is 299 g/mol. The molecule has 0 bridgehead atoms. The SMILES string of the molecule is CCCc1nc2c(c(=O)[nH]1)CN(Cc1cccc(O)c1)CC2. The molecule has 22 heavy (non-hydrogen) atoms. The minimum atomic E-state index is -0.00550. The zero-order valence-corrected chi connectivity index (χ0v) is 12.8. The number of phenols is 1. The van der Waals surface area contributed by atoms with Crippen LogP contribution in [0.4, 0.5) is 0 Å². The highest BCUT2D eigenvalue weighted by molar-refractivity contribution is 5.27. The van der Waals surface area contributed by atoms with Gasteiger partial charge in [0.15, 0.2) is 0 Å². The molecule has 3 rings (SSSR count). The van der Waals surface area contributed by atoms with Gasteiger partial charge in [-0.3, -0.25) is 9.69 Å². The standard InChI is InChI=1S/C17H21N3O2/c1-2-4-16-18-15-7-8-20(11-14(15)17(22)19-16)10-12-5-3-6-13(21)9-12/h3,5-6,9,21H,2,4,7-8,10-11H2,1H3,(H,18,19,22). The largest absolute Gasteiger partial charge is 0.508 e. The summed E-state index contributed by atoms with van der Waals surface area (Å²) in [6, 6.07) is 7.26. The average molecular weight is 299 g/mol. The molecule has 1 aromatic heterocycles. The number of fused-ring (bicyclic) bond motifs is 1. The molecule has 0 amide bonds. The summed E-state index contributed by atoms with van der Waals surface area (Å²) in [4.78, 5) is 22.0. The number of nitrogens with one attached hydrogen (secondary N) is 1. The van der Waals surface area contributed by atoms with Crippen molar-refractivity contribution in [3.8, 4) is 5.75 Å². The van der Waals surface area contributed by atoms with E-state index in [2.05, 4.69) is 21.8 Å². The summed E-state index contributed by atoms with van der Waals surface area (Å²) < 4.78 is 0. The van der Waals surface area contributed by atoms with Gasteiger partial charge in [0.2, 0.25) is 0 Å². The second-order valence-electron chi connectivity index (χ2n) is 5.82. The zero-order chi connectivity index (χ0) is 15.5. The van der Waals surface area contributed by atoms with Crippen molar-refractivity contribution in [1.29, 1.82) is 0 Å². The third-order valence-corrected chi connectivity index (χ3v) is 4.00. The molecule has 2 heterocycles. The van der Waals surface area contributed by atoms with E-state index >= 15 is 0 Å². The Morgan fingerprint density at radius 1 is 1.41 bits per heavy atom. The van der Waals surface area contributed by atoms with Crippen LogP contribution in [0.2, 0.25) is 0 Å². The van der Waals surface area contributed by atoms with Crippen LogP contribution in [-0.4, -0.2) is 26.5 Å². The van der Waals surface area contributed by atoms with Crippen LogP contribution in [0.5, 0.6) is 5.75 Å². The Labute approximate surface area is 129 Å². The first kappa shape index (κ1) is 14.8. The number of H-pyrrole nitrogens is 1. The first-order valence-electron chi connectivity index (χ1n) is 7.77. The molecule has 0 radical (unpaired) electrons. The van der Waals surface area contributed by atoms with Crippen molar-refractivity contribution in [3.63, 3.8) is 0 Å². The zero-order valence-electron chi connectivity index (χ0n) is 12.8. The van der Waals surface area contributed by atoms with E-state index in [1.54, 1.807) is 12.1 Å². The fraction of sp³-hybridized carbons (Fsp3) is 0.412. The number of hydrogen-bond donors (Lipinski definition) is 2. The highest BCUT2D eigenvalue weighted by Gasteiger charge is 2.21. The molecule has 0 spiro atoms. The number of aromatic amines is 1. The molecule has 1 aromatic carbocycles. The molecule has 116 valence electrons. The van der Waals surface area contributed by atoms with Crippen molar-refractivity contribution in [2.75, 3.05) is 6.54 Å². The van der Waals surface area contributed by atoms with Crippen LogP contribution < -0.4 is 5.56 Å². The molecular formula is C17H21N3O2. The van der Waals surface area contributed by atoms with Gasteiger partial charge in [0.25, 0.3) is 5.56 Å². The summed E-state index contributed by atoms with van der Waals surface area (Å²) in [7, 11) is 0. The molecule has 1 aliphatic heterocycles. The molecule has 0 saturated heterocycles. The minimum absolute atomic E-state index is 0.00550. The predicted molar refractivity (Wildman–Crippen MR) is 84.8 cm³/mol. The Kier molecular flexibility index (Phi) is 4.24. The van der Waals surface area contributed by atoms with Crippen LogP contribution in [0.25, 0.3) is 0 Å². The van der Waals surface area contributed by atoms with Crippen molar-refractivity contribution in [3.05, 3.63) is 57.3 Å². The lowest BCUT2D eigenvalue weighted by atomic mass is 10.1. The van der Waals surface area contributed by atoms with Gasteiger partial charge in [-0.2, -0.15) is 0 Å². The van der Waals surface area contributed by atoms with Gasteiger partial charge >= 0.3 is 0 Å². The van der Waals surface area contributed by atoms with E-state index in [9.17, 15) is 9.90 Å². The van der Waals surface area contributed by atoms with Gasteiger partial charge in [-0.15, -0.1) is 0 Å². The molecule has 5 nitrogen and oxygen atoms in total. The Hall–Kier alpha value is -2.14. The molecule has 1 aliphatic rings. The number of benzene rings is 1. The summed E-state index contributed by atoms with van der Waals surface area (Å²) in [6.07, 6.45) is 2.59. The first-order valence-corrected chi connectivity index (χ1v) is 7.77. The Balaban J connectivity index is 1.78. The van der Waals surface area contributed by atoms with Gasteiger partial charge in [-0.1, -0.05) is 19.1 Å². The van der Waals surface area contributed by atoms with Crippen molar-refractivity contribution in [1.82, 2.24) is 14.9 Å². The normalized spacial score (nSPS) is 14.8. The van der Waals surface area contributed by atoms with Crippen molar-refractivity contribution < 1.29 is 5.11 Å². The van der Waals surface area contributed by atoms with Crippen LogP contribution in [0.1, 0.15) is 36.0 Å². The number of aryl methyl sites for hydroxylation is 1. The van der Waals surface area contributed by atoms with Crippen LogP contribution in [-0.2, 0) is 25.9 Å². The fourth-order valence-corrected chi connectivity index (χ4v) is 2.94. The highest BCUT2D eigenvalue weighted by atomic mass is 16.3. The molecule has 0 saturated carbocycles. The van der Waals surface area contributed by atoms with Crippen LogP contribution >= 0.6 is 0 Å². The first-order chi connectivity index (χ1) is 10.7. The highest BCUT2D eigenvalue weighted by Crippen LogP contribution is 2.18. The van der Waals surface area contributed by atoms with Crippen LogP contribution in [0, 0.1) is 0 Å². The quantitative estimate of drug-likeness (QED) is 0.906. The van der Waals surface area contributed by atoms with E-state index in [-0.39, 0.29) is 11.3 Å². The second-order valence-corrected chi connectivity index (χ2v) is 5.82. The van der Waals surface area contributed by atoms with Gasteiger partial charge in [-0.05, 0) is 24.1 Å². The Morgan fingerprint density at radius 3 is 3.05 bits per heavy atom. The molecule has 5 heteroatoms. The van der Waals surface area contributed by atoms with Crippen molar-refractivity contribution in [2.24, 2.45) is 0 Å². The van der Waals surface area contributed by atoms with E-state index in [0.29, 0.717) is 6.54 Å². The number of rotatable bonds is 4. The minimum Gasteiger partial charge on any atom is -0.508 e. The van der Waals surface area contributed by atoms with Gasteiger partial charge in [0.05, 0.1) is 11.3 Å². The Morgan fingerprint density at radius 2 is 2.27 bits per heavy atom. The number of nitrogens with zero attached hydrogens (tertiary/aromatic N) is 2. The number of phenolic OH excluding ortho intramolecular Hbond substituents is 1. The summed E-state index contributed by atoms with van der Waals surface area (Å²) in [5, 5.41) is 9.54. The number of hydrogen-bond acceptors (Lipinski definition) is 4. The van der Waals surface area contributed by atoms with Gasteiger partial charge in [-0.25, -0.2) is 4.98 Å². The summed E-state index contributed by atoms with van der Waals surface area (Å²) in [5.41, 5.74) is 2.77. The Bertz CT molecular complexity index is 724. The van der Waals surface area contributed by atoms with Crippen molar-refractivity contribution >= 4 is 0 Å². The van der Waals surface area contributed by atoms with Crippen LogP contribution in [0.3, 0.4) is 0 Å². The lowest BCUT2D eigenvalue weighted by Gasteiger charge is -2.27. The number of aromatic hydroxyl groups is 1. The molecule has 2 aromatic rings. The molecule has 0 unspecified atom stereocenters. The molecule has 2 N–H and O–H groups in total. The van der Waals surface area contributed by atoms with Crippen molar-refractivity contribution in [2.45, 2.75) is 39.3 Å². The second kappa shape index (κ2) is 6.32. The lowest BCUT2D eigenvalue weighted by Crippen LogP contribution is -2.35. The van der Waals surface area contributed by atoms with E-state index in [0.717, 1.165) is 55.0 Å². The van der Waals surface area contributed by atoms with Gasteiger partial charge < -0.3 is 10.1 Å². The maximum Gasteiger partial charge on any atom is 0.255 e. The van der Waals surface area contributed by atoms with E-state index < -0.39 is 0 Å². The van der Waals surface area contributed by atoms with Crippen LogP contribution in [0.15, 0.2) is 29.1 Å². The van der Waals surface area contributed by atoms with E-state index in [1.807, 2.05) is 12.1 Å². The molecule has 0 aliphatic carbocycles. The lowest BCUT2D eigenvalue weighted by molar-refractivity contribution is 0.241. The maximum atomic E-state index is 12.2. The maximum absolute atomic E-state index is 12.2. The van der Waals surface area contributed by atoms with Gasteiger partial charge in [0.1, 0.15) is 11.6 Å². The third-order valence-electron chi connectivity index (χ3n) is 4.00. The molecule has 0 atom stereocenters. The summed E-state index contributed by atoms with van der Waals surface area (Å²) >= 11 is 0. The fourth-order valence-electron chi connectivity index (χ4n) is 2.94. The summed E-state index contributed by atoms with van der Waals surface area (Å²) in [5.74, 6) is 1.08. The average Bonchev–Trinajstić information content (AvgIpc) is 2.48. The van der Waals surface area contributed by atoms with E-state index in [4.69, 9.17) is 0 Å². The molecule has 0 fully saturated rings. The molecular weight excluding hydrogens is 278 g/mol. The smallest absolute Gasteiger partial charge is 0.255 e. The van der Waals surface area contributed by atoms with Gasteiger partial charge in [0, 0.05) is 32.5 Å². The van der Waals surface area contributed by atoms with E-state index in [1.165, 1.54) is 0 Å². The topological polar surface area (TPSA) is 69.2 Å².